The fourth-order valence-electron chi connectivity index (χ4n) is 3.58. The molecule has 0 bridgehead atoms. The lowest BCUT2D eigenvalue weighted by Crippen LogP contribution is -2.49. The van der Waals surface area contributed by atoms with Gasteiger partial charge in [-0.25, -0.2) is 9.37 Å². The van der Waals surface area contributed by atoms with Crippen molar-refractivity contribution in [2.24, 2.45) is 0 Å². The molecule has 4 rings (SSSR count). The molecule has 1 aromatic heterocycles. The first-order chi connectivity index (χ1) is 14.6. The van der Waals surface area contributed by atoms with Crippen molar-refractivity contribution < 1.29 is 9.18 Å². The molecule has 2 aromatic carbocycles. The number of piperazine rings is 1. The van der Waals surface area contributed by atoms with Crippen LogP contribution in [-0.4, -0.2) is 63.7 Å². The molecule has 0 radical (unpaired) electrons. The Balaban J connectivity index is 1.64. The number of amides is 1. The maximum Gasteiger partial charge on any atom is 0.266 e. The van der Waals surface area contributed by atoms with Gasteiger partial charge in [0.2, 0.25) is 5.91 Å². The van der Waals surface area contributed by atoms with Gasteiger partial charge in [-0.1, -0.05) is 36.9 Å². The minimum absolute atomic E-state index is 0.0175. The highest BCUT2D eigenvalue weighted by atomic mass is 32.2. The van der Waals surface area contributed by atoms with E-state index in [0.29, 0.717) is 34.8 Å². The second-order valence-corrected chi connectivity index (χ2v) is 8.08. The Morgan fingerprint density at radius 3 is 2.60 bits per heavy atom. The molecule has 1 fully saturated rings. The number of aromatic nitrogens is 2. The molecule has 0 saturated carbocycles. The Morgan fingerprint density at radius 1 is 1.10 bits per heavy atom. The van der Waals surface area contributed by atoms with E-state index < -0.39 is 5.82 Å². The third kappa shape index (κ3) is 4.24. The van der Waals surface area contributed by atoms with Gasteiger partial charge in [-0.3, -0.25) is 14.2 Å². The second-order valence-electron chi connectivity index (χ2n) is 7.14. The fraction of sp³-hybridized carbons (Fsp3) is 0.318. The molecule has 2 heterocycles. The van der Waals surface area contributed by atoms with Crippen molar-refractivity contribution in [3.63, 3.8) is 0 Å². The van der Waals surface area contributed by atoms with Crippen LogP contribution in [0.4, 0.5) is 4.39 Å². The SMILES string of the molecule is CCN1CCN(C(=O)CSc2nc3ccccc3c(=O)n2-c2cccc(F)c2)CC1. The zero-order valence-electron chi connectivity index (χ0n) is 16.8. The Morgan fingerprint density at radius 2 is 1.87 bits per heavy atom. The average molecular weight is 427 g/mol. The lowest BCUT2D eigenvalue weighted by molar-refractivity contribution is -0.130. The largest absolute Gasteiger partial charge is 0.339 e. The number of hydrogen-bond acceptors (Lipinski definition) is 5. The van der Waals surface area contributed by atoms with Crippen LogP contribution < -0.4 is 5.56 Å². The normalized spacial score (nSPS) is 14.9. The number of hydrogen-bond donors (Lipinski definition) is 0. The van der Waals surface area contributed by atoms with Gasteiger partial charge in [-0.15, -0.1) is 0 Å². The molecule has 1 amide bonds. The van der Waals surface area contributed by atoms with Gasteiger partial charge in [0.05, 0.1) is 22.3 Å². The number of para-hydroxylation sites is 1. The number of likely N-dealkylation sites (N-methyl/N-ethyl adjacent to an activating group) is 1. The van der Waals surface area contributed by atoms with Crippen molar-refractivity contribution in [3.05, 3.63) is 64.7 Å². The van der Waals surface area contributed by atoms with E-state index in [-0.39, 0.29) is 17.2 Å². The van der Waals surface area contributed by atoms with E-state index in [1.165, 1.54) is 28.5 Å². The molecule has 0 aliphatic carbocycles. The average Bonchev–Trinajstić information content (AvgIpc) is 2.77. The zero-order chi connectivity index (χ0) is 21.1. The summed E-state index contributed by atoms with van der Waals surface area (Å²) in [5.41, 5.74) is 0.670. The van der Waals surface area contributed by atoms with Gasteiger partial charge in [-0.2, -0.15) is 0 Å². The molecule has 0 atom stereocenters. The molecule has 1 aliphatic heterocycles. The van der Waals surface area contributed by atoms with Crippen LogP contribution in [0.25, 0.3) is 16.6 Å². The lowest BCUT2D eigenvalue weighted by atomic mass is 10.2. The summed E-state index contributed by atoms with van der Waals surface area (Å²) < 4.78 is 15.2. The van der Waals surface area contributed by atoms with Gasteiger partial charge in [-0.05, 0) is 36.9 Å². The minimum atomic E-state index is -0.437. The number of rotatable bonds is 5. The maximum atomic E-state index is 13.8. The summed E-state index contributed by atoms with van der Waals surface area (Å²) >= 11 is 1.21. The standard InChI is InChI=1S/C22H23FN4O2S/c1-2-25-10-12-26(13-11-25)20(28)15-30-22-24-19-9-4-3-8-18(19)21(29)27(22)17-7-5-6-16(23)14-17/h3-9,14H,2,10-13,15H2,1H3. The molecular formula is C22H23FN4O2S. The number of thioether (sulfide) groups is 1. The topological polar surface area (TPSA) is 58.4 Å². The van der Waals surface area contributed by atoms with E-state index in [9.17, 15) is 14.0 Å². The summed E-state index contributed by atoms with van der Waals surface area (Å²) in [6, 6.07) is 12.9. The van der Waals surface area contributed by atoms with E-state index in [0.717, 1.165) is 19.6 Å². The van der Waals surface area contributed by atoms with E-state index >= 15 is 0 Å². The molecule has 3 aromatic rings. The van der Waals surface area contributed by atoms with Crippen LogP contribution >= 0.6 is 11.8 Å². The van der Waals surface area contributed by atoms with Crippen LogP contribution in [0.5, 0.6) is 0 Å². The van der Waals surface area contributed by atoms with Crippen molar-refractivity contribution in [1.29, 1.82) is 0 Å². The van der Waals surface area contributed by atoms with E-state index in [1.54, 1.807) is 30.3 Å². The van der Waals surface area contributed by atoms with Crippen LogP contribution in [0.1, 0.15) is 6.92 Å². The molecule has 1 saturated heterocycles. The minimum Gasteiger partial charge on any atom is -0.339 e. The van der Waals surface area contributed by atoms with Crippen molar-refractivity contribution in [2.75, 3.05) is 38.5 Å². The maximum absolute atomic E-state index is 13.8. The summed E-state index contributed by atoms with van der Waals surface area (Å²) in [6.45, 7) is 6.25. The first-order valence-electron chi connectivity index (χ1n) is 9.97. The monoisotopic (exact) mass is 426 g/mol. The molecule has 30 heavy (non-hydrogen) atoms. The molecule has 6 nitrogen and oxygen atoms in total. The van der Waals surface area contributed by atoms with Gasteiger partial charge >= 0.3 is 0 Å². The van der Waals surface area contributed by atoms with Gasteiger partial charge in [0.1, 0.15) is 5.82 Å². The summed E-state index contributed by atoms with van der Waals surface area (Å²) in [5, 5.41) is 0.831. The first-order valence-corrected chi connectivity index (χ1v) is 11.0. The van der Waals surface area contributed by atoms with Crippen LogP contribution in [0.2, 0.25) is 0 Å². The third-order valence-electron chi connectivity index (χ3n) is 5.31. The molecule has 0 N–H and O–H groups in total. The van der Waals surface area contributed by atoms with Gasteiger partial charge in [0, 0.05) is 26.2 Å². The third-order valence-corrected chi connectivity index (χ3v) is 6.23. The number of halogens is 1. The molecule has 1 aliphatic rings. The van der Waals surface area contributed by atoms with E-state index in [2.05, 4.69) is 16.8 Å². The Hall–Kier alpha value is -2.71. The Bertz CT molecular complexity index is 1130. The van der Waals surface area contributed by atoms with Crippen molar-refractivity contribution in [3.8, 4) is 5.69 Å². The summed E-state index contributed by atoms with van der Waals surface area (Å²) in [5.74, 6) is -0.246. The summed E-state index contributed by atoms with van der Waals surface area (Å²) in [7, 11) is 0. The lowest BCUT2D eigenvalue weighted by Gasteiger charge is -2.34. The second kappa shape index (κ2) is 8.97. The van der Waals surface area contributed by atoms with E-state index in [1.807, 2.05) is 11.0 Å². The number of carbonyl (C=O) groups is 1. The Kier molecular flexibility index (Phi) is 6.15. The summed E-state index contributed by atoms with van der Waals surface area (Å²) in [4.78, 5) is 34.7. The van der Waals surface area contributed by atoms with E-state index in [4.69, 9.17) is 0 Å². The molecule has 0 spiro atoms. The number of benzene rings is 2. The van der Waals surface area contributed by atoms with Crippen molar-refractivity contribution in [1.82, 2.24) is 19.4 Å². The molecule has 8 heteroatoms. The van der Waals surface area contributed by atoms with Gasteiger partial charge in [0.15, 0.2) is 5.16 Å². The predicted octanol–water partition coefficient (Wildman–Crippen LogP) is 2.78. The highest BCUT2D eigenvalue weighted by Gasteiger charge is 2.21. The van der Waals surface area contributed by atoms with Crippen molar-refractivity contribution in [2.45, 2.75) is 12.1 Å². The molecule has 156 valence electrons. The predicted molar refractivity (Wildman–Crippen MR) is 117 cm³/mol. The van der Waals surface area contributed by atoms with Gasteiger partial charge < -0.3 is 9.80 Å². The smallest absolute Gasteiger partial charge is 0.266 e. The summed E-state index contributed by atoms with van der Waals surface area (Å²) in [6.07, 6.45) is 0. The number of nitrogens with zero attached hydrogens (tertiary/aromatic N) is 4. The van der Waals surface area contributed by atoms with Gasteiger partial charge in [0.25, 0.3) is 5.56 Å². The van der Waals surface area contributed by atoms with Crippen molar-refractivity contribution >= 4 is 28.6 Å². The highest BCUT2D eigenvalue weighted by Crippen LogP contribution is 2.22. The van der Waals surface area contributed by atoms with Crippen LogP contribution in [-0.2, 0) is 4.79 Å². The van der Waals surface area contributed by atoms with Crippen LogP contribution in [0, 0.1) is 5.82 Å². The Labute approximate surface area is 178 Å². The van der Waals surface area contributed by atoms with Crippen LogP contribution in [0.3, 0.4) is 0 Å². The fourth-order valence-corrected chi connectivity index (χ4v) is 4.50. The number of carbonyl (C=O) groups excluding carboxylic acids is 1. The highest BCUT2D eigenvalue weighted by molar-refractivity contribution is 7.99. The molecule has 0 unspecified atom stereocenters. The zero-order valence-corrected chi connectivity index (χ0v) is 17.6. The number of fused-ring (bicyclic) bond motifs is 1. The van der Waals surface area contributed by atoms with Crippen LogP contribution in [0.15, 0.2) is 58.5 Å². The quantitative estimate of drug-likeness (QED) is 0.464. The first kappa shape index (κ1) is 20.6. The molecular weight excluding hydrogens is 403 g/mol.